The van der Waals surface area contributed by atoms with Crippen LogP contribution in [0, 0.1) is 0 Å². The van der Waals surface area contributed by atoms with Gasteiger partial charge in [-0.25, -0.2) is 19.2 Å². The number of nitrogens with one attached hydrogen (secondary N) is 2. The summed E-state index contributed by atoms with van der Waals surface area (Å²) in [7, 11) is 3.38. The summed E-state index contributed by atoms with van der Waals surface area (Å²) in [6.45, 7) is -1.14. The molecule has 12 aliphatic rings. The highest BCUT2D eigenvalue weighted by Gasteiger charge is 2.46. The molecule has 0 aromatic heterocycles. The number of aliphatic carboxylic acids is 4. The van der Waals surface area contributed by atoms with E-state index in [4.69, 9.17) is 9.47 Å². The van der Waals surface area contributed by atoms with Crippen LogP contribution in [0.25, 0.3) is 21.5 Å². The van der Waals surface area contributed by atoms with Crippen LogP contribution in [0.1, 0.15) is 41.4 Å². The third-order valence-electron chi connectivity index (χ3n) is 10.0. The average molecular weight is 953 g/mol. The van der Waals surface area contributed by atoms with Crippen molar-refractivity contribution < 1.29 is 77.8 Å². The molecule has 0 fully saturated rings. The van der Waals surface area contributed by atoms with Gasteiger partial charge >= 0.3 is 23.9 Å². The van der Waals surface area contributed by atoms with E-state index in [9.17, 15) is 68.4 Å². The zero-order chi connectivity index (χ0) is 46.0. The summed E-state index contributed by atoms with van der Waals surface area (Å²) in [4.78, 5) is 132. The Morgan fingerprint density at radius 2 is 0.812 bits per heavy atom. The summed E-state index contributed by atoms with van der Waals surface area (Å²) >= 11 is 0. The van der Waals surface area contributed by atoms with Crippen molar-refractivity contribution in [3.8, 4) is 11.5 Å². The lowest BCUT2D eigenvalue weighted by Crippen LogP contribution is -2.53. The number of imide groups is 2. The van der Waals surface area contributed by atoms with E-state index in [1.54, 1.807) is 24.3 Å². The van der Waals surface area contributed by atoms with E-state index in [0.717, 1.165) is 67.4 Å². The lowest BCUT2D eigenvalue weighted by molar-refractivity contribution is -0.141. The van der Waals surface area contributed by atoms with Crippen LogP contribution in [0.2, 0.25) is 0 Å². The maximum atomic E-state index is 14.0. The molecule has 12 bridgehead atoms. The largest absolute Gasteiger partial charge is 0.484 e. The second-order valence-corrected chi connectivity index (χ2v) is 19.1. The van der Waals surface area contributed by atoms with E-state index in [2.05, 4.69) is 10.6 Å². The Labute approximate surface area is 375 Å². The number of amides is 6. The molecule has 4 aromatic rings. The summed E-state index contributed by atoms with van der Waals surface area (Å²) < 4.78 is 11.2. The first-order valence-electron chi connectivity index (χ1n) is 18.7. The molecule has 20 nitrogen and oxygen atoms in total. The summed E-state index contributed by atoms with van der Waals surface area (Å²) in [6.07, 6.45) is 0. The molecule has 0 spiro atoms. The van der Waals surface area contributed by atoms with E-state index in [0.29, 0.717) is 20.6 Å². The van der Waals surface area contributed by atoms with Gasteiger partial charge in [0.25, 0.3) is 35.4 Å². The molecule has 64 heavy (non-hydrogen) atoms. The van der Waals surface area contributed by atoms with Crippen molar-refractivity contribution in [2.45, 2.75) is 24.2 Å². The Kier molecular flexibility index (Phi) is 13.6. The molecule has 12 heterocycles. The number of carboxylic acids is 4. The van der Waals surface area contributed by atoms with Crippen molar-refractivity contribution in [1.29, 1.82) is 0 Å². The quantitative estimate of drug-likeness (QED) is 0.126. The highest BCUT2D eigenvalue weighted by Crippen LogP contribution is 2.40. The van der Waals surface area contributed by atoms with Gasteiger partial charge in [-0.1, -0.05) is 55.3 Å². The summed E-state index contributed by atoms with van der Waals surface area (Å²) in [5.41, 5.74) is -0.862. The Balaban J connectivity index is 1.17. The molecule has 332 valence electrons. The zero-order valence-corrected chi connectivity index (χ0v) is 35.8. The lowest BCUT2D eigenvalue weighted by atomic mass is 9.85. The minimum Gasteiger partial charge on any atom is -0.484 e. The number of rotatable bonds is 4. The number of carbonyl (C=O) groups excluding carboxylic acids is 6. The predicted molar refractivity (Wildman–Crippen MR) is 232 cm³/mol. The van der Waals surface area contributed by atoms with Crippen molar-refractivity contribution in [2.75, 3.05) is 36.2 Å². The van der Waals surface area contributed by atoms with E-state index >= 15 is 0 Å². The average Bonchev–Trinajstić information content (AvgIpc) is 3.25. The fourth-order valence-corrected chi connectivity index (χ4v) is 11.6. The predicted octanol–water partition coefficient (Wildman–Crippen LogP) is 2.46. The number of hydrogen-bond acceptors (Lipinski definition) is 16. The molecular formula is C40H32N4O16S4. The van der Waals surface area contributed by atoms with Crippen molar-refractivity contribution in [1.82, 2.24) is 20.4 Å². The maximum Gasteiger partial charge on any atom is 0.327 e. The van der Waals surface area contributed by atoms with Crippen LogP contribution in [0.15, 0.2) is 60.7 Å². The van der Waals surface area contributed by atoms with E-state index in [1.807, 2.05) is 0 Å². The Morgan fingerprint density at radius 3 is 1.12 bits per heavy atom. The Morgan fingerprint density at radius 1 is 0.484 bits per heavy atom. The highest BCUT2D eigenvalue weighted by atomic mass is 33.1. The van der Waals surface area contributed by atoms with Gasteiger partial charge in [0, 0.05) is 56.0 Å². The lowest BCUT2D eigenvalue weighted by Gasteiger charge is -2.35. The van der Waals surface area contributed by atoms with Crippen LogP contribution < -0.4 is 20.1 Å². The number of carbonyl (C=O) groups is 10. The van der Waals surface area contributed by atoms with Gasteiger partial charge in [0.2, 0.25) is 0 Å². The number of benzene rings is 4. The van der Waals surface area contributed by atoms with Crippen molar-refractivity contribution in [3.05, 3.63) is 82.9 Å². The van der Waals surface area contributed by atoms with E-state index in [1.165, 1.54) is 12.1 Å². The molecule has 0 saturated heterocycles. The Bertz CT molecular complexity index is 2450. The smallest absolute Gasteiger partial charge is 0.327 e. The van der Waals surface area contributed by atoms with Crippen LogP contribution in [-0.4, -0.2) is 150 Å². The van der Waals surface area contributed by atoms with Crippen molar-refractivity contribution >= 4 is 124 Å². The van der Waals surface area contributed by atoms with Gasteiger partial charge in [-0.05, 0) is 59.3 Å². The molecule has 0 unspecified atom stereocenters. The standard InChI is InChI=1S/C40H32N4O16S4/c45-29-11-59-19-3-1-17-9-20(4-2-18(17)10-19)60-12-30(46)42-26(38(53)54)14-62-64-16-28(40(57)58)44-35(49)23-7-5-21-31-22(6-8-24(32(23)31)36(44)50)34(48)43(33(21)47)27(39(55)56)15-63-61-13-25(41-29)37(51)52/h1-10,25-28H,11-16H2,(H,41,45)(H,42,46)(H,51,52)(H,53,54)(H,55,56)(H,57,58)/t25-,26-,27-,28-/m0/s1. The first kappa shape index (κ1) is 45.5. The topological polar surface area (TPSA) is 301 Å². The minimum atomic E-state index is -1.78. The molecule has 24 heteroatoms. The molecular weight excluding hydrogens is 921 g/mol. The molecule has 0 radical (unpaired) electrons. The van der Waals surface area contributed by atoms with Crippen molar-refractivity contribution in [3.63, 3.8) is 0 Å². The second-order valence-electron chi connectivity index (χ2n) is 14.0. The molecule has 6 N–H and O–H groups in total. The van der Waals surface area contributed by atoms with Gasteiger partial charge in [-0.15, -0.1) is 0 Å². The van der Waals surface area contributed by atoms with Gasteiger partial charge in [0.05, 0.1) is 0 Å². The second kappa shape index (κ2) is 19.1. The van der Waals surface area contributed by atoms with Gasteiger partial charge in [-0.3, -0.25) is 38.6 Å². The number of nitrogens with zero attached hydrogens (tertiary/aromatic N) is 2. The normalized spacial score (nSPS) is 21.6. The van der Waals surface area contributed by atoms with Crippen LogP contribution in [-0.2, 0) is 28.8 Å². The number of ether oxygens (including phenoxy) is 2. The van der Waals surface area contributed by atoms with Crippen molar-refractivity contribution in [2.24, 2.45) is 0 Å². The molecule has 16 rings (SSSR count). The molecule has 0 aliphatic carbocycles. The molecule has 12 aliphatic heterocycles. The minimum absolute atomic E-state index is 0.114. The summed E-state index contributed by atoms with van der Waals surface area (Å²) in [6, 6.07) is 7.71. The third kappa shape index (κ3) is 9.25. The van der Waals surface area contributed by atoms with Gasteiger partial charge in [0.15, 0.2) is 13.2 Å². The maximum absolute atomic E-state index is 14.0. The monoisotopic (exact) mass is 952 g/mol. The van der Waals surface area contributed by atoms with Gasteiger partial charge in [-0.2, -0.15) is 0 Å². The van der Waals surface area contributed by atoms with Gasteiger partial charge in [0.1, 0.15) is 35.7 Å². The highest BCUT2D eigenvalue weighted by molar-refractivity contribution is 8.77. The van der Waals surface area contributed by atoms with Gasteiger partial charge < -0.3 is 40.5 Å². The fraction of sp³-hybridized carbons (Fsp3) is 0.250. The third-order valence-corrected chi connectivity index (χ3v) is 14.8. The summed E-state index contributed by atoms with van der Waals surface area (Å²) in [5.74, 6) is -12.6. The van der Waals surface area contributed by atoms with Crippen LogP contribution >= 0.6 is 43.2 Å². The first-order valence-corrected chi connectivity index (χ1v) is 23.7. The molecule has 0 saturated carbocycles. The molecule has 4 aromatic carbocycles. The number of carboxylic acid groups (broad SMARTS) is 4. The fourth-order valence-electron chi connectivity index (χ4n) is 6.95. The van der Waals surface area contributed by atoms with Crippen LogP contribution in [0.3, 0.4) is 0 Å². The SMILES string of the molecule is O=C1COc2ccc3cc(ccc3c2)OCC(=O)N[C@H](C(=O)O)CSSC[C@@H](C(=O)O)N2C(=O)c3ccc4c5c(ccc(c35)C2=O)C(=O)N(C4=O)[C@H](C(=O)O)CSSC[C@@H](C(=O)O)N1. The molecule has 6 amide bonds. The number of hydrogen-bond donors (Lipinski definition) is 6. The first-order chi connectivity index (χ1) is 30.5. The van der Waals surface area contributed by atoms with E-state index in [-0.39, 0.29) is 56.0 Å². The molecule has 4 atom stereocenters. The Hall–Kier alpha value is -6.50. The van der Waals surface area contributed by atoms with Crippen LogP contribution in [0.5, 0.6) is 11.5 Å². The van der Waals surface area contributed by atoms with E-state index < -0.39 is 108 Å². The zero-order valence-electron chi connectivity index (χ0n) is 32.5. The summed E-state index contributed by atoms with van der Waals surface area (Å²) in [5, 5.41) is 45.7. The van der Waals surface area contributed by atoms with Crippen LogP contribution in [0.4, 0.5) is 0 Å².